The normalized spacial score (nSPS) is 12.5. The van der Waals surface area contributed by atoms with Crippen LogP contribution >= 0.6 is 0 Å². The standard InChI is InChI=1S/C15H24N4/c1-11(2)7-13(10-19(3)4)18-15-8-12(9-16)5-6-14(15)17/h5-6,8,11,13,18H,7,10,17H2,1-4H3. The van der Waals surface area contributed by atoms with Gasteiger partial charge < -0.3 is 16.0 Å². The summed E-state index contributed by atoms with van der Waals surface area (Å²) in [5.74, 6) is 0.609. The summed E-state index contributed by atoms with van der Waals surface area (Å²) in [5, 5.41) is 12.4. The molecular formula is C15H24N4. The number of nitrogen functional groups attached to an aromatic ring is 1. The first-order valence-electron chi connectivity index (χ1n) is 6.63. The van der Waals surface area contributed by atoms with Crippen molar-refractivity contribution in [2.24, 2.45) is 5.92 Å². The maximum atomic E-state index is 8.95. The predicted octanol–water partition coefficient (Wildman–Crippen LogP) is 2.53. The number of nitrogens with two attached hydrogens (primary N) is 1. The summed E-state index contributed by atoms with van der Waals surface area (Å²) in [5.41, 5.74) is 8.14. The number of hydrogen-bond acceptors (Lipinski definition) is 4. The van der Waals surface area contributed by atoms with Crippen LogP contribution in [0, 0.1) is 17.2 Å². The summed E-state index contributed by atoms with van der Waals surface area (Å²) in [6.45, 7) is 5.35. The third kappa shape index (κ3) is 5.19. The van der Waals surface area contributed by atoms with Crippen LogP contribution in [0.15, 0.2) is 18.2 Å². The van der Waals surface area contributed by atoms with Gasteiger partial charge in [-0.05, 0) is 44.6 Å². The first-order valence-corrected chi connectivity index (χ1v) is 6.63. The van der Waals surface area contributed by atoms with Crippen molar-refractivity contribution in [2.75, 3.05) is 31.7 Å². The van der Waals surface area contributed by atoms with Crippen LogP contribution in [0.2, 0.25) is 0 Å². The zero-order valence-electron chi connectivity index (χ0n) is 12.3. The van der Waals surface area contributed by atoms with Gasteiger partial charge >= 0.3 is 0 Å². The van der Waals surface area contributed by atoms with Gasteiger partial charge in [0.05, 0.1) is 23.0 Å². The van der Waals surface area contributed by atoms with Crippen molar-refractivity contribution in [1.29, 1.82) is 5.26 Å². The van der Waals surface area contributed by atoms with Crippen LogP contribution in [0.25, 0.3) is 0 Å². The van der Waals surface area contributed by atoms with E-state index in [0.29, 0.717) is 23.2 Å². The summed E-state index contributed by atoms with van der Waals surface area (Å²) >= 11 is 0. The number of hydrogen-bond donors (Lipinski definition) is 2. The van der Waals surface area contributed by atoms with E-state index in [-0.39, 0.29) is 0 Å². The minimum atomic E-state index is 0.325. The van der Waals surface area contributed by atoms with Crippen LogP contribution in [0.3, 0.4) is 0 Å². The largest absolute Gasteiger partial charge is 0.397 e. The fraction of sp³-hybridized carbons (Fsp3) is 0.533. The SMILES string of the molecule is CC(C)CC(CN(C)C)Nc1cc(C#N)ccc1N. The lowest BCUT2D eigenvalue weighted by atomic mass is 10.0. The Morgan fingerprint density at radius 1 is 1.37 bits per heavy atom. The van der Waals surface area contributed by atoms with E-state index < -0.39 is 0 Å². The van der Waals surface area contributed by atoms with E-state index in [1.54, 1.807) is 12.1 Å². The molecule has 0 heterocycles. The molecule has 1 unspecified atom stereocenters. The van der Waals surface area contributed by atoms with Gasteiger partial charge in [-0.25, -0.2) is 0 Å². The summed E-state index contributed by atoms with van der Waals surface area (Å²) < 4.78 is 0. The molecule has 3 N–H and O–H groups in total. The highest BCUT2D eigenvalue weighted by atomic mass is 15.1. The van der Waals surface area contributed by atoms with Gasteiger partial charge in [-0.1, -0.05) is 13.8 Å². The van der Waals surface area contributed by atoms with Crippen LogP contribution in [0.5, 0.6) is 0 Å². The van der Waals surface area contributed by atoms with Gasteiger partial charge in [0.25, 0.3) is 0 Å². The van der Waals surface area contributed by atoms with Crippen LogP contribution < -0.4 is 11.1 Å². The molecule has 0 bridgehead atoms. The topological polar surface area (TPSA) is 65.1 Å². The van der Waals surface area contributed by atoms with Crippen molar-refractivity contribution in [3.63, 3.8) is 0 Å². The summed E-state index contributed by atoms with van der Waals surface area (Å²) in [6, 6.07) is 7.81. The highest BCUT2D eigenvalue weighted by molar-refractivity contribution is 5.68. The lowest BCUT2D eigenvalue weighted by Crippen LogP contribution is -2.33. The maximum Gasteiger partial charge on any atom is 0.0992 e. The molecule has 0 fully saturated rings. The minimum absolute atomic E-state index is 0.325. The molecule has 0 radical (unpaired) electrons. The molecule has 4 heteroatoms. The molecule has 0 aliphatic heterocycles. The Morgan fingerprint density at radius 2 is 2.05 bits per heavy atom. The second-order valence-electron chi connectivity index (χ2n) is 5.65. The van der Waals surface area contributed by atoms with Gasteiger partial charge in [0, 0.05) is 12.6 Å². The first kappa shape index (κ1) is 15.3. The van der Waals surface area contributed by atoms with Gasteiger partial charge in [0.1, 0.15) is 0 Å². The van der Waals surface area contributed by atoms with Crippen molar-refractivity contribution < 1.29 is 0 Å². The third-order valence-electron chi connectivity index (χ3n) is 2.88. The fourth-order valence-electron chi connectivity index (χ4n) is 2.16. The van der Waals surface area contributed by atoms with Gasteiger partial charge in [0.15, 0.2) is 0 Å². The van der Waals surface area contributed by atoms with Gasteiger partial charge in [-0.2, -0.15) is 5.26 Å². The Morgan fingerprint density at radius 3 is 2.58 bits per heavy atom. The molecule has 19 heavy (non-hydrogen) atoms. The van der Waals surface area contributed by atoms with E-state index in [9.17, 15) is 0 Å². The molecule has 1 aromatic rings. The van der Waals surface area contributed by atoms with E-state index in [0.717, 1.165) is 18.7 Å². The van der Waals surface area contributed by atoms with E-state index in [4.69, 9.17) is 11.0 Å². The third-order valence-corrected chi connectivity index (χ3v) is 2.88. The zero-order chi connectivity index (χ0) is 14.4. The predicted molar refractivity (Wildman–Crippen MR) is 81.0 cm³/mol. The molecule has 0 aliphatic carbocycles. The van der Waals surface area contributed by atoms with Gasteiger partial charge in [-0.15, -0.1) is 0 Å². The summed E-state index contributed by atoms with van der Waals surface area (Å²) in [7, 11) is 4.12. The van der Waals surface area contributed by atoms with Crippen LogP contribution in [0.1, 0.15) is 25.8 Å². The molecule has 0 saturated carbocycles. The monoisotopic (exact) mass is 260 g/mol. The Balaban J connectivity index is 2.86. The average Bonchev–Trinajstić information content (AvgIpc) is 2.30. The van der Waals surface area contributed by atoms with Crippen LogP contribution in [-0.4, -0.2) is 31.6 Å². The molecule has 0 aromatic heterocycles. The Bertz CT molecular complexity index is 436. The molecule has 0 aliphatic rings. The van der Waals surface area contributed by atoms with E-state index >= 15 is 0 Å². The van der Waals surface area contributed by atoms with Crippen LogP contribution in [0.4, 0.5) is 11.4 Å². The Hall–Kier alpha value is -1.73. The number of nitrogens with one attached hydrogen (secondary N) is 1. The molecule has 1 atom stereocenters. The molecule has 0 amide bonds. The quantitative estimate of drug-likeness (QED) is 0.771. The highest BCUT2D eigenvalue weighted by Gasteiger charge is 2.13. The smallest absolute Gasteiger partial charge is 0.0992 e. The Labute approximate surface area is 116 Å². The zero-order valence-corrected chi connectivity index (χ0v) is 12.3. The van der Waals surface area contributed by atoms with Crippen molar-refractivity contribution >= 4 is 11.4 Å². The minimum Gasteiger partial charge on any atom is -0.397 e. The van der Waals surface area contributed by atoms with E-state index in [1.807, 2.05) is 6.07 Å². The molecule has 1 aromatic carbocycles. The first-order chi connectivity index (χ1) is 8.92. The molecule has 1 rings (SSSR count). The average molecular weight is 260 g/mol. The molecule has 0 spiro atoms. The molecule has 104 valence electrons. The number of anilines is 2. The molecular weight excluding hydrogens is 236 g/mol. The number of likely N-dealkylation sites (N-methyl/N-ethyl adjacent to an activating group) is 1. The summed E-state index contributed by atoms with van der Waals surface area (Å²) in [6.07, 6.45) is 1.06. The van der Waals surface area contributed by atoms with Crippen molar-refractivity contribution in [2.45, 2.75) is 26.3 Å². The fourth-order valence-corrected chi connectivity index (χ4v) is 2.16. The number of benzene rings is 1. The van der Waals surface area contributed by atoms with Gasteiger partial charge in [-0.3, -0.25) is 0 Å². The lowest BCUT2D eigenvalue weighted by Gasteiger charge is -2.25. The second-order valence-corrected chi connectivity index (χ2v) is 5.65. The summed E-state index contributed by atoms with van der Waals surface area (Å²) in [4.78, 5) is 2.16. The molecule has 4 nitrogen and oxygen atoms in total. The highest BCUT2D eigenvalue weighted by Crippen LogP contribution is 2.22. The van der Waals surface area contributed by atoms with E-state index in [2.05, 4.69) is 44.2 Å². The van der Waals surface area contributed by atoms with Crippen LogP contribution in [-0.2, 0) is 0 Å². The lowest BCUT2D eigenvalue weighted by molar-refractivity contribution is 0.356. The van der Waals surface area contributed by atoms with Gasteiger partial charge in [0.2, 0.25) is 0 Å². The van der Waals surface area contributed by atoms with Crippen molar-refractivity contribution in [1.82, 2.24) is 4.90 Å². The number of rotatable bonds is 6. The van der Waals surface area contributed by atoms with Crippen molar-refractivity contribution in [3.8, 4) is 6.07 Å². The molecule has 0 saturated heterocycles. The van der Waals surface area contributed by atoms with E-state index in [1.165, 1.54) is 0 Å². The maximum absolute atomic E-state index is 8.95. The van der Waals surface area contributed by atoms with Crippen molar-refractivity contribution in [3.05, 3.63) is 23.8 Å². The Kier molecular flexibility index (Phi) is 5.65. The number of nitrogens with zero attached hydrogens (tertiary/aromatic N) is 2. The second kappa shape index (κ2) is 7.01. The number of nitriles is 1.